The number of aromatic nitrogens is 1. The van der Waals surface area contributed by atoms with Gasteiger partial charge in [-0.05, 0) is 43.7 Å². The molecular formula is C28H24N2O7S. The van der Waals surface area contributed by atoms with Crippen LogP contribution in [0.15, 0.2) is 64.3 Å². The molecule has 0 bridgehead atoms. The number of nitrogens with zero attached hydrogens (tertiary/aromatic N) is 2. The van der Waals surface area contributed by atoms with Crippen LogP contribution in [0.2, 0.25) is 0 Å². The average molecular weight is 533 g/mol. The number of aliphatic hydroxyl groups is 1. The third-order valence-electron chi connectivity index (χ3n) is 6.22. The first-order valence-corrected chi connectivity index (χ1v) is 12.7. The van der Waals surface area contributed by atoms with E-state index in [1.165, 1.54) is 18.9 Å². The zero-order chi connectivity index (χ0) is 27.1. The number of carbonyl (C=O) groups excluding carboxylic acids is 3. The summed E-state index contributed by atoms with van der Waals surface area (Å²) in [5, 5.41) is 11.9. The van der Waals surface area contributed by atoms with Crippen LogP contribution < -0.4 is 14.4 Å². The van der Waals surface area contributed by atoms with Crippen LogP contribution >= 0.6 is 11.3 Å². The number of furan rings is 1. The van der Waals surface area contributed by atoms with E-state index in [0.717, 1.165) is 11.3 Å². The maximum Gasteiger partial charge on any atom is 0.296 e. The van der Waals surface area contributed by atoms with Crippen LogP contribution in [0.1, 0.15) is 51.4 Å². The highest BCUT2D eigenvalue weighted by atomic mass is 32.1. The van der Waals surface area contributed by atoms with Crippen molar-refractivity contribution in [1.82, 2.24) is 4.98 Å². The first-order valence-electron chi connectivity index (χ1n) is 11.8. The maximum atomic E-state index is 13.8. The Hall–Kier alpha value is -4.44. The summed E-state index contributed by atoms with van der Waals surface area (Å²) in [6.07, 6.45) is 0. The number of Topliss-reactive ketones (excluding diaryl/α,β-unsaturated/α-hetero) is 2. The molecule has 2 aromatic carbocycles. The Bertz CT molecular complexity index is 1600. The molecule has 38 heavy (non-hydrogen) atoms. The summed E-state index contributed by atoms with van der Waals surface area (Å²) < 4.78 is 16.9. The first kappa shape index (κ1) is 25.2. The number of fused-ring (bicyclic) bond motifs is 1. The summed E-state index contributed by atoms with van der Waals surface area (Å²) in [5.74, 6) is -1.53. The van der Waals surface area contributed by atoms with Gasteiger partial charge in [0.15, 0.2) is 33.9 Å². The number of thiazole rings is 1. The van der Waals surface area contributed by atoms with E-state index < -0.39 is 23.5 Å². The van der Waals surface area contributed by atoms with E-state index in [1.54, 1.807) is 49.4 Å². The second-order valence-electron chi connectivity index (χ2n) is 8.63. The Kier molecular flexibility index (Phi) is 6.50. The number of ether oxygens (including phenoxy) is 2. The highest BCUT2D eigenvalue weighted by molar-refractivity contribution is 7.17. The smallest absolute Gasteiger partial charge is 0.296 e. The second kappa shape index (κ2) is 9.79. The molecule has 194 valence electrons. The molecule has 3 heterocycles. The molecule has 0 radical (unpaired) electrons. The van der Waals surface area contributed by atoms with Crippen molar-refractivity contribution in [3.8, 4) is 11.5 Å². The van der Waals surface area contributed by atoms with Gasteiger partial charge in [0.2, 0.25) is 5.78 Å². The number of aliphatic hydroxyl groups excluding tert-OH is 1. The van der Waals surface area contributed by atoms with E-state index in [4.69, 9.17) is 13.9 Å². The zero-order valence-electron chi connectivity index (χ0n) is 21.1. The molecule has 1 N–H and O–H groups in total. The van der Waals surface area contributed by atoms with Gasteiger partial charge in [-0.2, -0.15) is 0 Å². The van der Waals surface area contributed by atoms with Crippen LogP contribution in [0.5, 0.6) is 11.5 Å². The van der Waals surface area contributed by atoms with Crippen molar-refractivity contribution in [2.24, 2.45) is 0 Å². The van der Waals surface area contributed by atoms with Gasteiger partial charge in [0.1, 0.15) is 5.58 Å². The maximum absolute atomic E-state index is 13.8. The van der Waals surface area contributed by atoms with Gasteiger partial charge in [-0.25, -0.2) is 4.98 Å². The van der Waals surface area contributed by atoms with Crippen LogP contribution in [0.3, 0.4) is 0 Å². The third-order valence-corrected chi connectivity index (χ3v) is 7.47. The van der Waals surface area contributed by atoms with Crippen LogP contribution in [-0.4, -0.2) is 41.3 Å². The van der Waals surface area contributed by atoms with Gasteiger partial charge in [0.05, 0.1) is 35.9 Å². The minimum absolute atomic E-state index is 0.0231. The predicted molar refractivity (Wildman–Crippen MR) is 141 cm³/mol. The molecule has 0 spiro atoms. The lowest BCUT2D eigenvalue weighted by Gasteiger charge is -2.25. The topological polar surface area (TPSA) is 119 Å². The number of methoxy groups -OCH3 is 1. The van der Waals surface area contributed by atoms with Crippen LogP contribution in [0, 0.1) is 6.92 Å². The van der Waals surface area contributed by atoms with Crippen molar-refractivity contribution in [3.05, 3.63) is 81.8 Å². The summed E-state index contributed by atoms with van der Waals surface area (Å²) in [4.78, 5) is 45.5. The minimum Gasteiger partial charge on any atom is -0.503 e. The molecule has 1 aliphatic heterocycles. The molecule has 1 atom stereocenters. The van der Waals surface area contributed by atoms with E-state index in [-0.39, 0.29) is 22.2 Å². The molecule has 2 aromatic heterocycles. The molecule has 9 nitrogen and oxygen atoms in total. The molecule has 0 unspecified atom stereocenters. The largest absolute Gasteiger partial charge is 0.503 e. The van der Waals surface area contributed by atoms with E-state index in [0.29, 0.717) is 45.2 Å². The molecule has 1 amide bonds. The normalized spacial score (nSPS) is 15.4. The van der Waals surface area contributed by atoms with Gasteiger partial charge >= 0.3 is 0 Å². The Labute approximate surface area is 221 Å². The number of rotatable bonds is 8. The molecule has 0 saturated heterocycles. The average Bonchev–Trinajstić information content (AvgIpc) is 3.58. The number of para-hydroxylation sites is 1. The zero-order valence-corrected chi connectivity index (χ0v) is 21.9. The number of anilines is 1. The van der Waals surface area contributed by atoms with E-state index in [2.05, 4.69) is 4.98 Å². The fraction of sp³-hybridized carbons (Fsp3) is 0.214. The van der Waals surface area contributed by atoms with Crippen LogP contribution in [0.4, 0.5) is 5.13 Å². The van der Waals surface area contributed by atoms with Gasteiger partial charge in [0, 0.05) is 12.3 Å². The second-order valence-corrected chi connectivity index (χ2v) is 9.61. The third kappa shape index (κ3) is 4.12. The Morgan fingerprint density at radius 2 is 1.92 bits per heavy atom. The van der Waals surface area contributed by atoms with E-state index >= 15 is 0 Å². The molecule has 10 heteroatoms. The summed E-state index contributed by atoms with van der Waals surface area (Å²) in [7, 11) is 1.48. The lowest BCUT2D eigenvalue weighted by molar-refractivity contribution is -0.117. The summed E-state index contributed by atoms with van der Waals surface area (Å²) in [6, 6.07) is 12.6. The van der Waals surface area contributed by atoms with Crippen LogP contribution in [-0.2, 0) is 4.79 Å². The highest BCUT2D eigenvalue weighted by Crippen LogP contribution is 2.45. The molecule has 1 aliphatic rings. The number of carbonyl (C=O) groups is 3. The minimum atomic E-state index is -1.07. The SMILES string of the molecule is CCOc1ccc([C@H]2C(C(=O)c3cc4ccccc4o3)=C(O)C(=O)N2c2nc(C)c(C(C)=O)s2)cc1OC. The number of hydrogen-bond donors (Lipinski definition) is 1. The standard InChI is InChI=1S/C28H24N2O7S/c1-5-36-19-11-10-17(13-20(19)35-4)23-22(24(32)21-12-16-8-6-7-9-18(16)37-21)25(33)27(34)30(23)28-29-14(2)26(38-28)15(3)31/h6-13,23,33H,5H2,1-4H3/t23-/m0/s1. The van der Waals surface area contributed by atoms with E-state index in [1.807, 2.05) is 13.0 Å². The molecule has 0 aliphatic carbocycles. The van der Waals surface area contributed by atoms with Gasteiger partial charge in [-0.15, -0.1) is 0 Å². The first-order chi connectivity index (χ1) is 18.2. The Morgan fingerprint density at radius 3 is 2.58 bits per heavy atom. The molecule has 0 saturated carbocycles. The summed E-state index contributed by atoms with van der Waals surface area (Å²) >= 11 is 1.02. The lowest BCUT2D eigenvalue weighted by atomic mass is 9.95. The number of benzene rings is 2. The summed E-state index contributed by atoms with van der Waals surface area (Å²) in [6.45, 7) is 5.33. The monoisotopic (exact) mass is 532 g/mol. The van der Waals surface area contributed by atoms with Crippen molar-refractivity contribution >= 4 is 44.9 Å². The number of hydrogen-bond acceptors (Lipinski definition) is 9. The van der Waals surface area contributed by atoms with Gasteiger partial charge < -0.3 is 19.0 Å². The van der Waals surface area contributed by atoms with Crippen molar-refractivity contribution in [1.29, 1.82) is 0 Å². The fourth-order valence-corrected chi connectivity index (χ4v) is 5.51. The van der Waals surface area contributed by atoms with Gasteiger partial charge in [0.25, 0.3) is 5.91 Å². The van der Waals surface area contributed by atoms with Crippen LogP contribution in [0.25, 0.3) is 11.0 Å². The molecule has 5 rings (SSSR count). The fourth-order valence-electron chi connectivity index (χ4n) is 4.52. The lowest BCUT2D eigenvalue weighted by Crippen LogP contribution is -2.31. The number of amides is 1. The molecular weight excluding hydrogens is 508 g/mol. The van der Waals surface area contributed by atoms with Crippen molar-refractivity contribution in [2.45, 2.75) is 26.8 Å². The number of ketones is 2. The van der Waals surface area contributed by atoms with Crippen molar-refractivity contribution in [2.75, 3.05) is 18.6 Å². The van der Waals surface area contributed by atoms with E-state index in [9.17, 15) is 19.5 Å². The van der Waals surface area contributed by atoms with Crippen molar-refractivity contribution in [3.63, 3.8) is 0 Å². The predicted octanol–water partition coefficient (Wildman–Crippen LogP) is 5.59. The number of aryl methyl sites for hydroxylation is 1. The van der Waals surface area contributed by atoms with Gasteiger partial charge in [-0.3, -0.25) is 19.3 Å². The Balaban J connectivity index is 1.68. The quantitative estimate of drug-likeness (QED) is 0.292. The molecule has 4 aromatic rings. The van der Waals surface area contributed by atoms with Gasteiger partial charge in [-0.1, -0.05) is 35.6 Å². The Morgan fingerprint density at radius 1 is 1.16 bits per heavy atom. The summed E-state index contributed by atoms with van der Waals surface area (Å²) in [5.41, 5.74) is 1.25. The highest BCUT2D eigenvalue weighted by Gasteiger charge is 2.47. The van der Waals surface area contributed by atoms with Crippen molar-refractivity contribution < 1.29 is 33.4 Å². The molecule has 0 fully saturated rings.